The standard InChI is InChI=1S/C10H21N3O2S/c1-5-10(2,8(11)12-15)9(14)13(3)6-7-16-4/h15H,5-7H2,1-4H3,(H2,11,12). The van der Waals surface area contributed by atoms with E-state index in [0.29, 0.717) is 13.0 Å². The highest BCUT2D eigenvalue weighted by Crippen LogP contribution is 2.24. The molecule has 0 saturated heterocycles. The second-order valence-electron chi connectivity index (χ2n) is 3.89. The number of amidine groups is 1. The molecule has 1 atom stereocenters. The van der Waals surface area contributed by atoms with Crippen LogP contribution < -0.4 is 5.73 Å². The molecule has 0 spiro atoms. The van der Waals surface area contributed by atoms with Crippen molar-refractivity contribution in [3.63, 3.8) is 0 Å². The first-order valence-corrected chi connectivity index (χ1v) is 6.55. The number of nitrogens with two attached hydrogens (primary N) is 1. The molecular formula is C10H21N3O2S. The Morgan fingerprint density at radius 2 is 2.19 bits per heavy atom. The van der Waals surface area contributed by atoms with Crippen LogP contribution in [0.3, 0.4) is 0 Å². The van der Waals surface area contributed by atoms with Gasteiger partial charge in [0.1, 0.15) is 5.41 Å². The van der Waals surface area contributed by atoms with E-state index in [1.807, 2.05) is 13.2 Å². The molecule has 16 heavy (non-hydrogen) atoms. The molecule has 1 unspecified atom stereocenters. The Kier molecular flexibility index (Phi) is 6.25. The molecule has 0 rings (SSSR count). The molecule has 0 aromatic heterocycles. The number of nitrogens with zero attached hydrogens (tertiary/aromatic N) is 2. The molecule has 6 heteroatoms. The van der Waals surface area contributed by atoms with E-state index in [1.54, 1.807) is 30.6 Å². The molecule has 0 fully saturated rings. The fourth-order valence-corrected chi connectivity index (χ4v) is 1.76. The third-order valence-electron chi connectivity index (χ3n) is 2.83. The Bertz CT molecular complexity index is 271. The van der Waals surface area contributed by atoms with Crippen LogP contribution in [0.5, 0.6) is 0 Å². The van der Waals surface area contributed by atoms with Crippen molar-refractivity contribution in [2.75, 3.05) is 25.6 Å². The Labute approximate surface area is 101 Å². The zero-order chi connectivity index (χ0) is 12.8. The number of rotatable bonds is 6. The maximum atomic E-state index is 12.1. The van der Waals surface area contributed by atoms with Crippen molar-refractivity contribution < 1.29 is 10.0 Å². The maximum Gasteiger partial charge on any atom is 0.235 e. The van der Waals surface area contributed by atoms with E-state index in [4.69, 9.17) is 10.9 Å². The summed E-state index contributed by atoms with van der Waals surface area (Å²) in [4.78, 5) is 13.8. The van der Waals surface area contributed by atoms with E-state index in [2.05, 4.69) is 5.16 Å². The predicted octanol–water partition coefficient (Wildman–Crippen LogP) is 0.970. The smallest absolute Gasteiger partial charge is 0.235 e. The lowest BCUT2D eigenvalue weighted by Gasteiger charge is -2.30. The van der Waals surface area contributed by atoms with Gasteiger partial charge in [-0.05, 0) is 19.6 Å². The first kappa shape index (κ1) is 15.1. The van der Waals surface area contributed by atoms with Crippen LogP contribution in [-0.2, 0) is 4.79 Å². The van der Waals surface area contributed by atoms with Gasteiger partial charge in [-0.1, -0.05) is 12.1 Å². The third-order valence-corrected chi connectivity index (χ3v) is 3.42. The number of hydrogen-bond donors (Lipinski definition) is 2. The van der Waals surface area contributed by atoms with Gasteiger partial charge in [-0.3, -0.25) is 4.79 Å². The van der Waals surface area contributed by atoms with Gasteiger partial charge in [-0.25, -0.2) is 0 Å². The molecule has 0 aliphatic carbocycles. The van der Waals surface area contributed by atoms with Gasteiger partial charge in [0.15, 0.2) is 5.84 Å². The number of amides is 1. The van der Waals surface area contributed by atoms with Crippen molar-refractivity contribution in [1.82, 2.24) is 4.90 Å². The average molecular weight is 247 g/mol. The Balaban J connectivity index is 4.77. The molecule has 3 N–H and O–H groups in total. The summed E-state index contributed by atoms with van der Waals surface area (Å²) in [6.45, 7) is 4.20. The fourth-order valence-electron chi connectivity index (χ4n) is 1.30. The summed E-state index contributed by atoms with van der Waals surface area (Å²) >= 11 is 1.67. The summed E-state index contributed by atoms with van der Waals surface area (Å²) < 4.78 is 0. The zero-order valence-corrected chi connectivity index (χ0v) is 11.2. The molecule has 0 aliphatic rings. The largest absolute Gasteiger partial charge is 0.409 e. The highest BCUT2D eigenvalue weighted by Gasteiger charge is 2.38. The van der Waals surface area contributed by atoms with Gasteiger partial charge in [0.05, 0.1) is 0 Å². The summed E-state index contributed by atoms with van der Waals surface area (Å²) in [6, 6.07) is 0. The van der Waals surface area contributed by atoms with Crippen molar-refractivity contribution >= 4 is 23.5 Å². The molecule has 0 saturated carbocycles. The topological polar surface area (TPSA) is 78.9 Å². The molecule has 0 bridgehead atoms. The minimum atomic E-state index is -0.915. The van der Waals surface area contributed by atoms with E-state index in [0.717, 1.165) is 5.75 Å². The van der Waals surface area contributed by atoms with Crippen molar-refractivity contribution in [3.8, 4) is 0 Å². The molecule has 0 aliphatic heterocycles. The molecule has 0 heterocycles. The monoisotopic (exact) mass is 247 g/mol. The number of hydrogen-bond acceptors (Lipinski definition) is 4. The first-order chi connectivity index (χ1) is 7.43. The van der Waals surface area contributed by atoms with E-state index in [1.165, 1.54) is 0 Å². The molecule has 94 valence electrons. The third kappa shape index (κ3) is 3.30. The molecule has 0 aromatic carbocycles. The van der Waals surface area contributed by atoms with Crippen molar-refractivity contribution in [2.24, 2.45) is 16.3 Å². The summed E-state index contributed by atoms with van der Waals surface area (Å²) in [7, 11) is 1.73. The highest BCUT2D eigenvalue weighted by atomic mass is 32.2. The lowest BCUT2D eigenvalue weighted by Crippen LogP contribution is -2.48. The number of carbonyl (C=O) groups is 1. The molecular weight excluding hydrogens is 226 g/mol. The average Bonchev–Trinajstić information content (AvgIpc) is 2.32. The number of thioether (sulfide) groups is 1. The minimum Gasteiger partial charge on any atom is -0.409 e. The van der Waals surface area contributed by atoms with Crippen LogP contribution in [0.25, 0.3) is 0 Å². The molecule has 0 aromatic rings. The van der Waals surface area contributed by atoms with Gasteiger partial charge in [-0.15, -0.1) is 0 Å². The van der Waals surface area contributed by atoms with Gasteiger partial charge in [0.25, 0.3) is 0 Å². The lowest BCUT2D eigenvalue weighted by molar-refractivity contribution is -0.136. The summed E-state index contributed by atoms with van der Waals surface area (Å²) in [5.41, 5.74) is 4.66. The number of oxime groups is 1. The van der Waals surface area contributed by atoms with Crippen LogP contribution in [0.4, 0.5) is 0 Å². The highest BCUT2D eigenvalue weighted by molar-refractivity contribution is 7.98. The van der Waals surface area contributed by atoms with Crippen LogP contribution >= 0.6 is 11.8 Å². The molecule has 0 radical (unpaired) electrons. The Hall–Kier alpha value is -0.910. The normalized spacial score (nSPS) is 15.6. The van der Waals surface area contributed by atoms with Crippen LogP contribution in [0.15, 0.2) is 5.16 Å². The van der Waals surface area contributed by atoms with E-state index in [-0.39, 0.29) is 11.7 Å². The minimum absolute atomic E-state index is 0.0315. The Morgan fingerprint density at radius 1 is 1.62 bits per heavy atom. The fraction of sp³-hybridized carbons (Fsp3) is 0.800. The van der Waals surface area contributed by atoms with Gasteiger partial charge in [-0.2, -0.15) is 11.8 Å². The summed E-state index contributed by atoms with van der Waals surface area (Å²) in [5.74, 6) is 0.730. The van der Waals surface area contributed by atoms with E-state index >= 15 is 0 Å². The van der Waals surface area contributed by atoms with Gasteiger partial charge in [0, 0.05) is 19.3 Å². The SMILES string of the molecule is CCC(C)(C(=O)N(C)CCSC)C(N)=NO. The maximum absolute atomic E-state index is 12.1. The van der Waals surface area contributed by atoms with Crippen molar-refractivity contribution in [1.29, 1.82) is 0 Å². The zero-order valence-electron chi connectivity index (χ0n) is 10.4. The first-order valence-electron chi connectivity index (χ1n) is 5.16. The van der Waals surface area contributed by atoms with Crippen molar-refractivity contribution in [3.05, 3.63) is 0 Å². The number of carbonyl (C=O) groups excluding carboxylic acids is 1. The quantitative estimate of drug-likeness (QED) is 0.317. The van der Waals surface area contributed by atoms with Crippen LogP contribution in [-0.4, -0.2) is 47.5 Å². The van der Waals surface area contributed by atoms with Gasteiger partial charge in [0.2, 0.25) is 5.91 Å². The predicted molar refractivity (Wildman–Crippen MR) is 67.8 cm³/mol. The van der Waals surface area contributed by atoms with Crippen molar-refractivity contribution in [2.45, 2.75) is 20.3 Å². The molecule has 1 amide bonds. The summed E-state index contributed by atoms with van der Waals surface area (Å²) in [5, 5.41) is 11.7. The van der Waals surface area contributed by atoms with Crippen LogP contribution in [0.1, 0.15) is 20.3 Å². The van der Waals surface area contributed by atoms with Gasteiger partial charge < -0.3 is 15.8 Å². The second kappa shape index (κ2) is 6.62. The molecule has 5 nitrogen and oxygen atoms in total. The van der Waals surface area contributed by atoms with E-state index < -0.39 is 5.41 Å². The van der Waals surface area contributed by atoms with Crippen LogP contribution in [0.2, 0.25) is 0 Å². The van der Waals surface area contributed by atoms with E-state index in [9.17, 15) is 4.79 Å². The van der Waals surface area contributed by atoms with Crippen LogP contribution in [0, 0.1) is 5.41 Å². The lowest BCUT2D eigenvalue weighted by atomic mass is 9.84. The van der Waals surface area contributed by atoms with Gasteiger partial charge >= 0.3 is 0 Å². The summed E-state index contributed by atoms with van der Waals surface area (Å²) in [6.07, 6.45) is 2.49. The second-order valence-corrected chi connectivity index (χ2v) is 4.88. The Morgan fingerprint density at radius 3 is 2.56 bits per heavy atom.